The van der Waals surface area contributed by atoms with Crippen molar-refractivity contribution >= 4 is 38.9 Å². The lowest BCUT2D eigenvalue weighted by molar-refractivity contribution is 0.0991. The molecule has 0 aliphatic carbocycles. The minimum Gasteiger partial charge on any atom is -0.308 e. The maximum Gasteiger partial charge on any atom is 0.269 e. The summed E-state index contributed by atoms with van der Waals surface area (Å²) in [5.41, 5.74) is 0.931. The normalized spacial score (nSPS) is 10.2. The Bertz CT molecular complexity index is 509. The fraction of sp³-hybridized carbons (Fsp3) is 0.154. The second kappa shape index (κ2) is 5.47. The number of carbonyl (C=O) groups excluding carboxylic acids is 1. The topological polar surface area (TPSA) is 20.3 Å². The zero-order chi connectivity index (χ0) is 12.3. The maximum atomic E-state index is 12.4. The number of carbonyl (C=O) groups is 1. The van der Waals surface area contributed by atoms with Gasteiger partial charge >= 0.3 is 0 Å². The number of hydrogen-bond acceptors (Lipinski definition) is 2. The molecule has 2 rings (SSSR count). The summed E-state index contributed by atoms with van der Waals surface area (Å²) in [5.74, 6) is 0.0422. The zero-order valence-corrected chi connectivity index (χ0v) is 11.8. The molecule has 2 nitrogen and oxygen atoms in total. The minimum atomic E-state index is 0.0422. The van der Waals surface area contributed by atoms with Gasteiger partial charge in [0, 0.05) is 16.7 Å². The van der Waals surface area contributed by atoms with Gasteiger partial charge in [0.05, 0.1) is 0 Å². The van der Waals surface area contributed by atoms with Crippen LogP contribution >= 0.6 is 27.3 Å². The van der Waals surface area contributed by atoms with Gasteiger partial charge in [-0.3, -0.25) is 4.79 Å². The minimum absolute atomic E-state index is 0.0422. The summed E-state index contributed by atoms with van der Waals surface area (Å²) < 4.78 is 0.863. The van der Waals surface area contributed by atoms with Crippen molar-refractivity contribution in [3.8, 4) is 0 Å². The molecule has 0 unspecified atom stereocenters. The largest absolute Gasteiger partial charge is 0.308 e. The molecule has 0 saturated carbocycles. The number of para-hydroxylation sites is 1. The molecule has 1 amide bonds. The molecule has 17 heavy (non-hydrogen) atoms. The third kappa shape index (κ3) is 2.58. The summed E-state index contributed by atoms with van der Waals surface area (Å²) >= 11 is 4.86. The number of thiophene rings is 1. The van der Waals surface area contributed by atoms with E-state index in [1.165, 1.54) is 11.3 Å². The van der Waals surface area contributed by atoms with E-state index in [2.05, 4.69) is 15.9 Å². The Morgan fingerprint density at radius 3 is 2.53 bits per heavy atom. The molecule has 1 heterocycles. The Morgan fingerprint density at radius 2 is 2.00 bits per heavy atom. The second-order valence-electron chi connectivity index (χ2n) is 3.48. The van der Waals surface area contributed by atoms with Crippen molar-refractivity contribution in [3.05, 3.63) is 51.1 Å². The lowest BCUT2D eigenvalue weighted by Crippen LogP contribution is -2.30. The first-order valence-corrected chi connectivity index (χ1v) is 7.01. The molecule has 1 aromatic heterocycles. The highest BCUT2D eigenvalue weighted by Crippen LogP contribution is 2.26. The number of hydrogen-bond donors (Lipinski definition) is 0. The molecule has 0 aliphatic heterocycles. The maximum absolute atomic E-state index is 12.4. The lowest BCUT2D eigenvalue weighted by atomic mass is 10.2. The van der Waals surface area contributed by atoms with Crippen LogP contribution in [-0.2, 0) is 0 Å². The van der Waals surface area contributed by atoms with E-state index in [9.17, 15) is 4.79 Å². The van der Waals surface area contributed by atoms with Gasteiger partial charge in [0.1, 0.15) is 4.88 Å². The average molecular weight is 310 g/mol. The predicted octanol–water partition coefficient (Wildman–Crippen LogP) is 4.18. The number of amides is 1. The first-order chi connectivity index (χ1) is 8.24. The number of rotatable bonds is 3. The SMILES string of the molecule is CCN(C(=O)c1sccc1Br)c1ccccc1. The standard InChI is InChI=1S/C13H12BrNOS/c1-2-15(10-6-4-3-5-7-10)13(16)12-11(14)8-9-17-12/h3-9H,2H2,1H3. The summed E-state index contributed by atoms with van der Waals surface area (Å²) in [6.07, 6.45) is 0. The number of halogens is 1. The molecule has 0 radical (unpaired) electrons. The second-order valence-corrected chi connectivity index (χ2v) is 5.25. The summed E-state index contributed by atoms with van der Waals surface area (Å²) in [6.45, 7) is 2.64. The zero-order valence-electron chi connectivity index (χ0n) is 9.39. The molecule has 88 valence electrons. The van der Waals surface area contributed by atoms with Crippen molar-refractivity contribution in [1.29, 1.82) is 0 Å². The van der Waals surface area contributed by atoms with Gasteiger partial charge in [-0.05, 0) is 46.4 Å². The highest BCUT2D eigenvalue weighted by atomic mass is 79.9. The fourth-order valence-electron chi connectivity index (χ4n) is 1.62. The molecule has 4 heteroatoms. The molecule has 1 aromatic carbocycles. The first-order valence-electron chi connectivity index (χ1n) is 5.34. The molecular formula is C13H12BrNOS. The Labute approximate surface area is 113 Å². The molecule has 0 saturated heterocycles. The van der Waals surface area contributed by atoms with Crippen molar-refractivity contribution < 1.29 is 4.79 Å². The number of anilines is 1. The van der Waals surface area contributed by atoms with Crippen molar-refractivity contribution in [1.82, 2.24) is 0 Å². The van der Waals surface area contributed by atoms with E-state index in [1.54, 1.807) is 4.90 Å². The molecule has 0 spiro atoms. The van der Waals surface area contributed by atoms with E-state index >= 15 is 0 Å². The monoisotopic (exact) mass is 309 g/mol. The van der Waals surface area contributed by atoms with E-state index in [4.69, 9.17) is 0 Å². The van der Waals surface area contributed by atoms with Crippen molar-refractivity contribution in [2.45, 2.75) is 6.92 Å². The first kappa shape index (κ1) is 12.3. The number of benzene rings is 1. The van der Waals surface area contributed by atoms with Gasteiger partial charge in [-0.15, -0.1) is 11.3 Å². The van der Waals surface area contributed by atoms with Gasteiger partial charge in [0.15, 0.2) is 0 Å². The fourth-order valence-corrected chi connectivity index (χ4v) is 3.11. The molecule has 0 atom stereocenters. The van der Waals surface area contributed by atoms with Gasteiger partial charge in [-0.2, -0.15) is 0 Å². The van der Waals surface area contributed by atoms with Crippen molar-refractivity contribution in [2.24, 2.45) is 0 Å². The summed E-state index contributed by atoms with van der Waals surface area (Å²) in [7, 11) is 0. The smallest absolute Gasteiger partial charge is 0.269 e. The highest BCUT2D eigenvalue weighted by molar-refractivity contribution is 9.10. The van der Waals surface area contributed by atoms with Crippen molar-refractivity contribution in [2.75, 3.05) is 11.4 Å². The van der Waals surface area contributed by atoms with Gasteiger partial charge in [-0.1, -0.05) is 18.2 Å². The Morgan fingerprint density at radius 1 is 1.29 bits per heavy atom. The Hall–Kier alpha value is -1.13. The summed E-state index contributed by atoms with van der Waals surface area (Å²) in [6, 6.07) is 11.6. The van der Waals surface area contributed by atoms with Gasteiger partial charge in [0.2, 0.25) is 0 Å². The molecule has 2 aromatic rings. The molecule has 0 N–H and O–H groups in total. The van der Waals surface area contributed by atoms with Crippen LogP contribution in [0.25, 0.3) is 0 Å². The van der Waals surface area contributed by atoms with Crippen LogP contribution in [0.3, 0.4) is 0 Å². The molecule has 0 fully saturated rings. The van der Waals surface area contributed by atoms with Gasteiger partial charge in [0.25, 0.3) is 5.91 Å². The van der Waals surface area contributed by atoms with Crippen LogP contribution in [0.5, 0.6) is 0 Å². The van der Waals surface area contributed by atoms with E-state index in [-0.39, 0.29) is 5.91 Å². The van der Waals surface area contributed by atoms with Crippen LogP contribution < -0.4 is 4.90 Å². The van der Waals surface area contributed by atoms with Crippen LogP contribution in [0.1, 0.15) is 16.6 Å². The van der Waals surface area contributed by atoms with Crippen LogP contribution in [0.4, 0.5) is 5.69 Å². The molecule has 0 aliphatic rings. The highest BCUT2D eigenvalue weighted by Gasteiger charge is 2.19. The Kier molecular flexibility index (Phi) is 3.97. The third-order valence-electron chi connectivity index (χ3n) is 2.44. The van der Waals surface area contributed by atoms with E-state index < -0.39 is 0 Å². The summed E-state index contributed by atoms with van der Waals surface area (Å²) in [4.78, 5) is 14.9. The van der Waals surface area contributed by atoms with E-state index in [1.807, 2.05) is 48.7 Å². The van der Waals surface area contributed by atoms with Crippen LogP contribution in [-0.4, -0.2) is 12.5 Å². The third-order valence-corrected chi connectivity index (χ3v) is 4.27. The average Bonchev–Trinajstić information content (AvgIpc) is 2.77. The van der Waals surface area contributed by atoms with Gasteiger partial charge in [-0.25, -0.2) is 0 Å². The van der Waals surface area contributed by atoms with E-state index in [0.29, 0.717) is 6.54 Å². The quantitative estimate of drug-likeness (QED) is 0.833. The van der Waals surface area contributed by atoms with E-state index in [0.717, 1.165) is 15.0 Å². The summed E-state index contributed by atoms with van der Waals surface area (Å²) in [5, 5.41) is 1.91. The lowest BCUT2D eigenvalue weighted by Gasteiger charge is -2.20. The Balaban J connectivity index is 2.32. The van der Waals surface area contributed by atoms with Crippen LogP contribution in [0.2, 0.25) is 0 Å². The van der Waals surface area contributed by atoms with Crippen LogP contribution in [0.15, 0.2) is 46.3 Å². The number of nitrogens with zero attached hydrogens (tertiary/aromatic N) is 1. The molecular weight excluding hydrogens is 298 g/mol. The van der Waals surface area contributed by atoms with Crippen molar-refractivity contribution in [3.63, 3.8) is 0 Å². The van der Waals surface area contributed by atoms with Crippen LogP contribution in [0, 0.1) is 0 Å². The predicted molar refractivity (Wildman–Crippen MR) is 75.8 cm³/mol. The molecule has 0 bridgehead atoms. The van der Waals surface area contributed by atoms with Gasteiger partial charge < -0.3 is 4.90 Å².